The van der Waals surface area contributed by atoms with Crippen molar-refractivity contribution in [2.45, 2.75) is 32.2 Å². The fraction of sp³-hybridized carbons (Fsp3) is 0.312. The molecule has 5 heteroatoms. The predicted molar refractivity (Wildman–Crippen MR) is 83.7 cm³/mol. The molecule has 1 heterocycles. The Morgan fingerprint density at radius 3 is 2.67 bits per heavy atom. The van der Waals surface area contributed by atoms with Gasteiger partial charge in [-0.05, 0) is 48.9 Å². The van der Waals surface area contributed by atoms with Crippen molar-refractivity contribution in [3.05, 3.63) is 40.7 Å². The number of primary amides is 1. The largest absolute Gasteiger partial charge is 0.398 e. The number of nitrogen functional groups attached to an aromatic ring is 1. The number of benzene rings is 1. The molecule has 5 nitrogen and oxygen atoms in total. The summed E-state index contributed by atoms with van der Waals surface area (Å²) in [6, 6.07) is 5.40. The summed E-state index contributed by atoms with van der Waals surface area (Å²) in [5, 5.41) is 0. The molecule has 0 spiro atoms. The molecule has 3 rings (SSSR count). The average molecular weight is 284 g/mol. The minimum atomic E-state index is -0.505. The van der Waals surface area contributed by atoms with Crippen molar-refractivity contribution in [2.24, 2.45) is 11.5 Å². The second kappa shape index (κ2) is 5.26. The lowest BCUT2D eigenvalue weighted by molar-refractivity contribution is 0.100. The van der Waals surface area contributed by atoms with Crippen molar-refractivity contribution >= 4 is 11.6 Å². The highest BCUT2D eigenvalue weighted by Gasteiger charge is 2.21. The molecule has 0 fully saturated rings. The van der Waals surface area contributed by atoms with Crippen LogP contribution >= 0.6 is 0 Å². The van der Waals surface area contributed by atoms with Crippen LogP contribution in [0.3, 0.4) is 0 Å². The molecule has 0 bridgehead atoms. The number of amides is 1. The Hall–Kier alpha value is -2.27. The van der Waals surface area contributed by atoms with Crippen LogP contribution < -0.4 is 17.2 Å². The average Bonchev–Trinajstić information content (AvgIpc) is 2.85. The molecule has 1 aliphatic carbocycles. The Bertz CT molecular complexity index is 703. The second-order valence-corrected chi connectivity index (χ2v) is 5.51. The standard InChI is InChI=1S/C16H20N4O/c17-8-14-15(11-3-1-2-4-13(11)20-14)9-5-6-10(16(19)21)12(18)7-9/h5-7,20H,1-4,8,17-18H2,(H2,19,21). The topological polar surface area (TPSA) is 111 Å². The fourth-order valence-electron chi connectivity index (χ4n) is 3.19. The quantitative estimate of drug-likeness (QED) is 0.644. The van der Waals surface area contributed by atoms with Gasteiger partial charge in [0.25, 0.3) is 5.91 Å². The normalized spacial score (nSPS) is 14.0. The molecule has 0 saturated heterocycles. The Labute approximate surface area is 123 Å². The van der Waals surface area contributed by atoms with Gasteiger partial charge < -0.3 is 22.2 Å². The molecular weight excluding hydrogens is 264 g/mol. The molecule has 0 unspecified atom stereocenters. The summed E-state index contributed by atoms with van der Waals surface area (Å²) < 4.78 is 0. The summed E-state index contributed by atoms with van der Waals surface area (Å²) in [5.41, 5.74) is 23.7. The van der Waals surface area contributed by atoms with E-state index in [1.807, 2.05) is 12.1 Å². The van der Waals surface area contributed by atoms with Gasteiger partial charge in [0.05, 0.1) is 5.56 Å². The SMILES string of the molecule is NCc1[nH]c2c(c1-c1ccc(C(N)=O)c(N)c1)CCCC2. The number of aromatic amines is 1. The number of aryl methyl sites for hydroxylation is 1. The van der Waals surface area contributed by atoms with Crippen molar-refractivity contribution in [3.8, 4) is 11.1 Å². The van der Waals surface area contributed by atoms with Gasteiger partial charge in [-0.1, -0.05) is 6.07 Å². The highest BCUT2D eigenvalue weighted by atomic mass is 16.1. The van der Waals surface area contributed by atoms with Crippen LogP contribution in [0.5, 0.6) is 0 Å². The van der Waals surface area contributed by atoms with E-state index in [9.17, 15) is 4.79 Å². The number of nitrogens with one attached hydrogen (secondary N) is 1. The number of carbonyl (C=O) groups is 1. The zero-order valence-electron chi connectivity index (χ0n) is 11.9. The van der Waals surface area contributed by atoms with E-state index in [1.165, 1.54) is 24.1 Å². The highest BCUT2D eigenvalue weighted by Crippen LogP contribution is 2.35. The molecule has 1 aromatic heterocycles. The molecule has 0 radical (unpaired) electrons. The minimum absolute atomic E-state index is 0.359. The van der Waals surface area contributed by atoms with Crippen LogP contribution in [0.15, 0.2) is 18.2 Å². The lowest BCUT2D eigenvalue weighted by Crippen LogP contribution is -2.13. The molecule has 21 heavy (non-hydrogen) atoms. The molecule has 0 saturated carbocycles. The maximum atomic E-state index is 11.3. The van der Waals surface area contributed by atoms with E-state index in [1.54, 1.807) is 6.07 Å². The van der Waals surface area contributed by atoms with Crippen molar-refractivity contribution in [3.63, 3.8) is 0 Å². The summed E-state index contributed by atoms with van der Waals surface area (Å²) in [4.78, 5) is 14.7. The Morgan fingerprint density at radius 1 is 1.24 bits per heavy atom. The first-order chi connectivity index (χ1) is 10.1. The van der Waals surface area contributed by atoms with Crippen LogP contribution in [-0.2, 0) is 19.4 Å². The van der Waals surface area contributed by atoms with E-state index in [-0.39, 0.29) is 0 Å². The molecule has 2 aromatic rings. The summed E-state index contributed by atoms with van der Waals surface area (Å²) in [5.74, 6) is -0.505. The van der Waals surface area contributed by atoms with Crippen LogP contribution in [0.25, 0.3) is 11.1 Å². The number of aromatic nitrogens is 1. The molecule has 1 aromatic carbocycles. The van der Waals surface area contributed by atoms with Gasteiger partial charge in [0.1, 0.15) is 0 Å². The predicted octanol–water partition coefficient (Wildman–Crippen LogP) is 1.70. The van der Waals surface area contributed by atoms with Crippen LogP contribution in [0.1, 0.15) is 40.2 Å². The molecular formula is C16H20N4O. The Kier molecular flexibility index (Phi) is 3.43. The van der Waals surface area contributed by atoms with Crippen LogP contribution in [-0.4, -0.2) is 10.9 Å². The van der Waals surface area contributed by atoms with E-state index < -0.39 is 5.91 Å². The van der Waals surface area contributed by atoms with Gasteiger partial charge >= 0.3 is 0 Å². The zero-order chi connectivity index (χ0) is 15.0. The van der Waals surface area contributed by atoms with Crippen LogP contribution in [0.4, 0.5) is 5.69 Å². The number of hydrogen-bond donors (Lipinski definition) is 4. The first kappa shape index (κ1) is 13.7. The molecule has 1 aliphatic rings. The van der Waals surface area contributed by atoms with E-state index in [0.29, 0.717) is 17.8 Å². The van der Waals surface area contributed by atoms with Gasteiger partial charge in [-0.25, -0.2) is 0 Å². The summed E-state index contributed by atoms with van der Waals surface area (Å²) in [7, 11) is 0. The number of hydrogen-bond acceptors (Lipinski definition) is 3. The summed E-state index contributed by atoms with van der Waals surface area (Å²) in [6.45, 7) is 0.458. The van der Waals surface area contributed by atoms with Crippen LogP contribution in [0.2, 0.25) is 0 Å². The van der Waals surface area contributed by atoms with E-state index in [4.69, 9.17) is 17.2 Å². The smallest absolute Gasteiger partial charge is 0.250 e. The minimum Gasteiger partial charge on any atom is -0.398 e. The molecule has 1 amide bonds. The highest BCUT2D eigenvalue weighted by molar-refractivity contribution is 5.99. The zero-order valence-corrected chi connectivity index (χ0v) is 11.9. The Morgan fingerprint density at radius 2 is 2.00 bits per heavy atom. The van der Waals surface area contributed by atoms with E-state index >= 15 is 0 Å². The molecule has 0 aliphatic heterocycles. The van der Waals surface area contributed by atoms with Crippen molar-refractivity contribution in [1.82, 2.24) is 4.98 Å². The Balaban J connectivity index is 2.14. The van der Waals surface area contributed by atoms with E-state index in [2.05, 4.69) is 4.98 Å². The van der Waals surface area contributed by atoms with E-state index in [0.717, 1.165) is 29.7 Å². The first-order valence-corrected chi connectivity index (χ1v) is 7.24. The number of rotatable bonds is 3. The van der Waals surface area contributed by atoms with Gasteiger partial charge in [-0.15, -0.1) is 0 Å². The van der Waals surface area contributed by atoms with Gasteiger partial charge in [0.15, 0.2) is 0 Å². The lowest BCUT2D eigenvalue weighted by atomic mass is 9.90. The molecule has 7 N–H and O–H groups in total. The van der Waals surface area contributed by atoms with Crippen molar-refractivity contribution in [1.29, 1.82) is 0 Å². The number of H-pyrrole nitrogens is 1. The first-order valence-electron chi connectivity index (χ1n) is 7.24. The third kappa shape index (κ3) is 2.29. The number of carbonyl (C=O) groups excluding carboxylic acids is 1. The second-order valence-electron chi connectivity index (χ2n) is 5.51. The lowest BCUT2D eigenvalue weighted by Gasteiger charge is -2.14. The maximum Gasteiger partial charge on any atom is 0.250 e. The third-order valence-electron chi connectivity index (χ3n) is 4.18. The number of anilines is 1. The summed E-state index contributed by atoms with van der Waals surface area (Å²) in [6.07, 6.45) is 4.52. The van der Waals surface area contributed by atoms with Gasteiger partial charge in [0.2, 0.25) is 0 Å². The molecule has 0 atom stereocenters. The van der Waals surface area contributed by atoms with Gasteiger partial charge in [-0.3, -0.25) is 4.79 Å². The summed E-state index contributed by atoms with van der Waals surface area (Å²) >= 11 is 0. The molecule has 110 valence electrons. The number of fused-ring (bicyclic) bond motifs is 1. The van der Waals surface area contributed by atoms with Gasteiger partial charge in [0, 0.05) is 29.2 Å². The maximum absolute atomic E-state index is 11.3. The van der Waals surface area contributed by atoms with Crippen molar-refractivity contribution in [2.75, 3.05) is 5.73 Å². The number of nitrogens with two attached hydrogens (primary N) is 3. The van der Waals surface area contributed by atoms with Crippen LogP contribution in [0, 0.1) is 0 Å². The third-order valence-corrected chi connectivity index (χ3v) is 4.18. The monoisotopic (exact) mass is 284 g/mol. The fourth-order valence-corrected chi connectivity index (χ4v) is 3.19. The van der Waals surface area contributed by atoms with Crippen molar-refractivity contribution < 1.29 is 4.79 Å². The van der Waals surface area contributed by atoms with Gasteiger partial charge in [-0.2, -0.15) is 0 Å².